The van der Waals surface area contributed by atoms with Gasteiger partial charge in [0, 0.05) is 0 Å². The molecule has 0 saturated heterocycles. The summed E-state index contributed by atoms with van der Waals surface area (Å²) in [4.78, 5) is 42.5. The Morgan fingerprint density at radius 3 is 2.46 bits per heavy atom. The highest BCUT2D eigenvalue weighted by Crippen LogP contribution is 2.35. The van der Waals surface area contributed by atoms with E-state index in [1.54, 1.807) is 24.9 Å². The summed E-state index contributed by atoms with van der Waals surface area (Å²) in [6.07, 6.45) is -0.602. The first-order chi connectivity index (χ1) is 16.8. The number of carbonyl (C=O) groups excluding carboxylic acids is 3. The summed E-state index contributed by atoms with van der Waals surface area (Å²) in [6, 6.07) is 17.9. The molecule has 0 radical (unpaired) electrons. The van der Waals surface area contributed by atoms with Crippen LogP contribution in [0.25, 0.3) is 10.8 Å². The number of nitrogens with zero attached hydrogens (tertiary/aromatic N) is 2. The molecule has 0 aromatic heterocycles. The average molecular weight is 475 g/mol. The van der Waals surface area contributed by atoms with Gasteiger partial charge in [0.25, 0.3) is 5.91 Å². The normalized spacial score (nSPS) is 16.5. The van der Waals surface area contributed by atoms with Crippen molar-refractivity contribution in [3.8, 4) is 0 Å². The molecule has 3 aromatic carbocycles. The summed E-state index contributed by atoms with van der Waals surface area (Å²) in [6.45, 7) is 3.97. The number of anilines is 2. The first-order valence-corrected chi connectivity index (χ1v) is 11.6. The van der Waals surface area contributed by atoms with Gasteiger partial charge in [-0.2, -0.15) is 0 Å². The maximum atomic E-state index is 14.0. The molecule has 0 fully saturated rings. The Balaban J connectivity index is 1.84. The molecule has 1 aliphatic rings. The zero-order chi connectivity index (χ0) is 25.1. The van der Waals surface area contributed by atoms with Gasteiger partial charge in [-0.15, -0.1) is 0 Å². The Morgan fingerprint density at radius 2 is 1.74 bits per heavy atom. The zero-order valence-corrected chi connectivity index (χ0v) is 20.4. The molecule has 2 atom stereocenters. The van der Waals surface area contributed by atoms with Crippen molar-refractivity contribution in [3.63, 3.8) is 0 Å². The van der Waals surface area contributed by atoms with Gasteiger partial charge in [0.15, 0.2) is 0 Å². The van der Waals surface area contributed by atoms with Crippen LogP contribution < -0.4 is 20.4 Å². The number of amides is 3. The highest BCUT2D eigenvalue weighted by atomic mass is 16.5. The van der Waals surface area contributed by atoms with Gasteiger partial charge in [-0.05, 0) is 54.9 Å². The average Bonchev–Trinajstić information content (AvgIpc) is 2.99. The van der Waals surface area contributed by atoms with Gasteiger partial charge < -0.3 is 20.3 Å². The first kappa shape index (κ1) is 24.2. The minimum atomic E-state index is -0.958. The lowest BCUT2D eigenvalue weighted by atomic mass is 9.99. The van der Waals surface area contributed by atoms with Gasteiger partial charge in [0.1, 0.15) is 6.04 Å². The fraction of sp³-hybridized carbons (Fsp3) is 0.296. The minimum absolute atomic E-state index is 0.0459. The van der Waals surface area contributed by atoms with Gasteiger partial charge in [-0.3, -0.25) is 14.5 Å². The van der Waals surface area contributed by atoms with Gasteiger partial charge in [-0.1, -0.05) is 48.5 Å². The number of ether oxygens (including phenoxy) is 1. The van der Waals surface area contributed by atoms with Crippen molar-refractivity contribution >= 4 is 40.1 Å². The molecule has 0 aliphatic carbocycles. The second-order valence-electron chi connectivity index (χ2n) is 8.65. The Bertz CT molecular complexity index is 1280. The molecular weight excluding hydrogens is 444 g/mol. The van der Waals surface area contributed by atoms with Crippen molar-refractivity contribution in [2.75, 3.05) is 30.5 Å². The van der Waals surface area contributed by atoms with Crippen molar-refractivity contribution in [1.29, 1.82) is 0 Å². The van der Waals surface area contributed by atoms with Gasteiger partial charge in [0.05, 0.1) is 37.6 Å². The van der Waals surface area contributed by atoms with Crippen LogP contribution >= 0.6 is 0 Å². The van der Waals surface area contributed by atoms with E-state index < -0.39 is 18.2 Å². The van der Waals surface area contributed by atoms with E-state index in [2.05, 4.69) is 16.7 Å². The van der Waals surface area contributed by atoms with E-state index in [-0.39, 0.29) is 24.9 Å². The number of carbonyl (C=O) groups is 3. The summed E-state index contributed by atoms with van der Waals surface area (Å²) < 4.78 is 5.02. The predicted octanol–water partition coefficient (Wildman–Crippen LogP) is 3.36. The third-order valence-electron chi connectivity index (χ3n) is 6.52. The van der Waals surface area contributed by atoms with Crippen LogP contribution in [-0.4, -0.2) is 50.7 Å². The number of hydrogen-bond acceptors (Lipinski definition) is 5. The number of likely N-dealkylation sites (N-methyl/N-ethyl adjacent to an activating group) is 1. The fourth-order valence-corrected chi connectivity index (χ4v) is 4.38. The van der Waals surface area contributed by atoms with Crippen LogP contribution in [0.15, 0.2) is 60.7 Å². The molecular formula is C27H30N4O4. The molecule has 0 saturated carbocycles. The smallest absolute Gasteiger partial charge is 0.414 e. The van der Waals surface area contributed by atoms with Crippen LogP contribution in [-0.2, 0) is 20.9 Å². The van der Waals surface area contributed by atoms with Crippen molar-refractivity contribution in [3.05, 3.63) is 71.8 Å². The van der Waals surface area contributed by atoms with E-state index in [4.69, 9.17) is 4.74 Å². The number of rotatable bonds is 5. The van der Waals surface area contributed by atoms with E-state index in [0.29, 0.717) is 11.4 Å². The Morgan fingerprint density at radius 1 is 1.06 bits per heavy atom. The lowest BCUT2D eigenvalue weighted by Gasteiger charge is -2.27. The highest BCUT2D eigenvalue weighted by Gasteiger charge is 2.38. The topological polar surface area (TPSA) is 91.0 Å². The molecule has 35 heavy (non-hydrogen) atoms. The van der Waals surface area contributed by atoms with E-state index in [1.807, 2.05) is 55.5 Å². The predicted molar refractivity (Wildman–Crippen MR) is 137 cm³/mol. The number of para-hydroxylation sites is 2. The Labute approximate surface area is 204 Å². The number of hydrogen-bond donors (Lipinski definition) is 2. The van der Waals surface area contributed by atoms with Crippen molar-refractivity contribution < 1.29 is 19.1 Å². The Hall–Kier alpha value is -3.91. The summed E-state index contributed by atoms with van der Waals surface area (Å²) in [7, 11) is 2.97. The monoisotopic (exact) mass is 474 g/mol. The van der Waals surface area contributed by atoms with Crippen molar-refractivity contribution in [2.24, 2.45) is 0 Å². The molecule has 0 bridgehead atoms. The molecule has 2 N–H and O–H groups in total. The van der Waals surface area contributed by atoms with Gasteiger partial charge in [0.2, 0.25) is 5.91 Å². The van der Waals surface area contributed by atoms with Crippen LogP contribution in [0.3, 0.4) is 0 Å². The van der Waals surface area contributed by atoms with Crippen LogP contribution in [0.1, 0.15) is 18.1 Å². The molecule has 0 spiro atoms. The fourth-order valence-electron chi connectivity index (χ4n) is 4.38. The Kier molecular flexibility index (Phi) is 7.02. The van der Waals surface area contributed by atoms with Crippen molar-refractivity contribution in [1.82, 2.24) is 10.6 Å². The third kappa shape index (κ3) is 4.70. The molecule has 1 aliphatic heterocycles. The number of benzene rings is 3. The van der Waals surface area contributed by atoms with Crippen LogP contribution in [0.5, 0.6) is 0 Å². The number of nitrogens with one attached hydrogen (secondary N) is 2. The maximum absolute atomic E-state index is 14.0. The van der Waals surface area contributed by atoms with Crippen LogP contribution in [0.4, 0.5) is 16.2 Å². The first-order valence-electron chi connectivity index (χ1n) is 11.6. The molecule has 4 rings (SSSR count). The molecule has 8 nitrogen and oxygen atoms in total. The summed E-state index contributed by atoms with van der Waals surface area (Å²) in [5.41, 5.74) is 3.18. The molecule has 2 unspecified atom stereocenters. The summed E-state index contributed by atoms with van der Waals surface area (Å²) >= 11 is 0. The van der Waals surface area contributed by atoms with Crippen molar-refractivity contribution in [2.45, 2.75) is 32.5 Å². The highest BCUT2D eigenvalue weighted by molar-refractivity contribution is 6.07. The standard InChI is InChI=1S/C27H30N4O4/c1-17-13-14-19-9-5-6-10-20(19)21(17)15-30-23-11-7-8-12-24(23)31(27(34)35-4)16-22(26(30)33)29-25(32)18(2)28-3/h5-14,18,22,28H,15-16H2,1-4H3,(H,29,32). The minimum Gasteiger partial charge on any atom is -0.452 e. The zero-order valence-electron chi connectivity index (χ0n) is 20.4. The molecule has 1 heterocycles. The van der Waals surface area contributed by atoms with Crippen LogP contribution in [0.2, 0.25) is 0 Å². The largest absolute Gasteiger partial charge is 0.452 e. The lowest BCUT2D eigenvalue weighted by molar-refractivity contribution is -0.128. The summed E-state index contributed by atoms with van der Waals surface area (Å²) in [5, 5.41) is 7.84. The number of methoxy groups -OCH3 is 1. The maximum Gasteiger partial charge on any atom is 0.414 e. The number of aryl methyl sites for hydroxylation is 1. The quantitative estimate of drug-likeness (QED) is 0.592. The van der Waals surface area contributed by atoms with Crippen LogP contribution in [0, 0.1) is 6.92 Å². The van der Waals surface area contributed by atoms with E-state index in [1.165, 1.54) is 12.0 Å². The van der Waals surface area contributed by atoms with E-state index >= 15 is 0 Å². The lowest BCUT2D eigenvalue weighted by Crippen LogP contribution is -2.55. The second kappa shape index (κ2) is 10.1. The van der Waals surface area contributed by atoms with Gasteiger partial charge >= 0.3 is 6.09 Å². The summed E-state index contributed by atoms with van der Waals surface area (Å²) in [5.74, 6) is -0.629. The molecule has 182 valence electrons. The van der Waals surface area contributed by atoms with Gasteiger partial charge in [-0.25, -0.2) is 4.79 Å². The SMILES string of the molecule is CNC(C)C(=O)NC1CN(C(=O)OC)c2ccccc2N(Cc2c(C)ccc3ccccc23)C1=O. The van der Waals surface area contributed by atoms with E-state index in [9.17, 15) is 14.4 Å². The third-order valence-corrected chi connectivity index (χ3v) is 6.52. The van der Waals surface area contributed by atoms with E-state index in [0.717, 1.165) is 21.9 Å². The molecule has 8 heteroatoms. The number of fused-ring (bicyclic) bond motifs is 2. The second-order valence-corrected chi connectivity index (χ2v) is 8.65. The molecule has 3 aromatic rings. The molecule has 3 amide bonds.